The lowest BCUT2D eigenvalue weighted by atomic mass is 9.93. The highest BCUT2D eigenvalue weighted by molar-refractivity contribution is 5.78. The van der Waals surface area contributed by atoms with Crippen LogP contribution in [0, 0.1) is 0 Å². The minimum atomic E-state index is -0.931. The molecule has 0 radical (unpaired) electrons. The van der Waals surface area contributed by atoms with E-state index in [2.05, 4.69) is 10.4 Å². The van der Waals surface area contributed by atoms with Crippen molar-refractivity contribution in [3.05, 3.63) is 18.5 Å². The molecule has 1 heterocycles. The van der Waals surface area contributed by atoms with E-state index < -0.39 is 11.5 Å². The summed E-state index contributed by atoms with van der Waals surface area (Å²) < 4.78 is 1.78. The Kier molecular flexibility index (Phi) is 4.28. The van der Waals surface area contributed by atoms with Gasteiger partial charge in [-0.2, -0.15) is 5.10 Å². The van der Waals surface area contributed by atoms with Crippen molar-refractivity contribution in [3.63, 3.8) is 0 Å². The first-order valence-electron chi connectivity index (χ1n) is 5.85. The third-order valence-corrected chi connectivity index (χ3v) is 2.76. The first kappa shape index (κ1) is 13.7. The molecule has 0 saturated heterocycles. The Morgan fingerprint density at radius 3 is 2.59 bits per heavy atom. The Balaban J connectivity index is 2.76. The molecule has 0 amide bonds. The molecule has 0 bridgehead atoms. The SMILES string of the molecule is CC(C)NC(C)(CC(C)n1cccn1)C(=O)O. The van der Waals surface area contributed by atoms with E-state index >= 15 is 0 Å². The summed E-state index contributed by atoms with van der Waals surface area (Å²) in [5.41, 5.74) is -0.931. The topological polar surface area (TPSA) is 67.2 Å². The van der Waals surface area contributed by atoms with E-state index in [0.717, 1.165) is 0 Å². The van der Waals surface area contributed by atoms with Crippen LogP contribution in [0.1, 0.15) is 40.2 Å². The summed E-state index contributed by atoms with van der Waals surface area (Å²) >= 11 is 0. The van der Waals surface area contributed by atoms with Crippen molar-refractivity contribution >= 4 is 5.97 Å². The minimum Gasteiger partial charge on any atom is -0.480 e. The number of carbonyl (C=O) groups is 1. The summed E-state index contributed by atoms with van der Waals surface area (Å²) in [5, 5.41) is 16.6. The van der Waals surface area contributed by atoms with E-state index in [0.29, 0.717) is 6.42 Å². The summed E-state index contributed by atoms with van der Waals surface area (Å²) in [7, 11) is 0. The zero-order valence-electron chi connectivity index (χ0n) is 10.8. The van der Waals surface area contributed by atoms with Crippen molar-refractivity contribution in [3.8, 4) is 0 Å². The maximum absolute atomic E-state index is 11.4. The molecule has 0 saturated carbocycles. The predicted octanol–water partition coefficient (Wildman–Crippen LogP) is 1.68. The summed E-state index contributed by atoms with van der Waals surface area (Å²) in [4.78, 5) is 11.4. The molecule has 5 heteroatoms. The summed E-state index contributed by atoms with van der Waals surface area (Å²) in [6.07, 6.45) is 4.04. The second-order valence-corrected chi connectivity index (χ2v) is 4.98. The van der Waals surface area contributed by atoms with E-state index in [-0.39, 0.29) is 12.1 Å². The van der Waals surface area contributed by atoms with Crippen molar-refractivity contribution in [2.75, 3.05) is 0 Å². The summed E-state index contributed by atoms with van der Waals surface area (Å²) in [6, 6.07) is 2.00. The number of nitrogens with zero attached hydrogens (tertiary/aromatic N) is 2. The summed E-state index contributed by atoms with van der Waals surface area (Å²) in [5.74, 6) is -0.829. The third kappa shape index (κ3) is 3.56. The fourth-order valence-corrected chi connectivity index (χ4v) is 2.07. The summed E-state index contributed by atoms with van der Waals surface area (Å²) in [6.45, 7) is 7.57. The number of rotatable bonds is 6. The average Bonchev–Trinajstić information content (AvgIpc) is 2.68. The second kappa shape index (κ2) is 5.31. The number of carboxylic acids is 1. The molecule has 1 aromatic rings. The van der Waals surface area contributed by atoms with Crippen LogP contribution in [-0.4, -0.2) is 32.4 Å². The van der Waals surface area contributed by atoms with Gasteiger partial charge in [-0.25, -0.2) is 0 Å². The number of carboxylic acid groups (broad SMARTS) is 1. The van der Waals surface area contributed by atoms with E-state index in [9.17, 15) is 9.90 Å². The molecule has 0 spiro atoms. The first-order chi connectivity index (χ1) is 7.85. The average molecular weight is 239 g/mol. The first-order valence-corrected chi connectivity index (χ1v) is 5.85. The van der Waals surface area contributed by atoms with Crippen LogP contribution in [0.15, 0.2) is 18.5 Å². The molecule has 2 unspecified atom stereocenters. The third-order valence-electron chi connectivity index (χ3n) is 2.76. The van der Waals surface area contributed by atoms with Gasteiger partial charge in [-0.05, 0) is 40.2 Å². The predicted molar refractivity (Wildman–Crippen MR) is 65.9 cm³/mol. The quantitative estimate of drug-likeness (QED) is 0.792. The normalized spacial score (nSPS) is 16.8. The Morgan fingerprint density at radius 1 is 1.53 bits per heavy atom. The molecule has 1 rings (SSSR count). The maximum Gasteiger partial charge on any atom is 0.323 e. The zero-order valence-corrected chi connectivity index (χ0v) is 10.8. The van der Waals surface area contributed by atoms with Gasteiger partial charge in [-0.1, -0.05) is 0 Å². The van der Waals surface area contributed by atoms with Crippen LogP contribution in [0.2, 0.25) is 0 Å². The smallest absolute Gasteiger partial charge is 0.323 e. The van der Waals surface area contributed by atoms with Gasteiger partial charge < -0.3 is 5.11 Å². The highest BCUT2D eigenvalue weighted by Gasteiger charge is 2.35. The second-order valence-electron chi connectivity index (χ2n) is 4.98. The Labute approximate surface area is 102 Å². The number of hydrogen-bond donors (Lipinski definition) is 2. The molecule has 0 aliphatic heterocycles. The number of aliphatic carboxylic acids is 1. The van der Waals surface area contributed by atoms with Gasteiger partial charge in [0.15, 0.2) is 0 Å². The van der Waals surface area contributed by atoms with E-state index in [1.807, 2.05) is 33.0 Å². The molecule has 2 N–H and O–H groups in total. The van der Waals surface area contributed by atoms with Crippen molar-refractivity contribution < 1.29 is 9.90 Å². The molecular formula is C12H21N3O2. The van der Waals surface area contributed by atoms with Crippen LogP contribution in [0.3, 0.4) is 0 Å². The standard InChI is InChI=1S/C12H21N3O2/c1-9(2)14-12(4,11(16)17)8-10(3)15-7-5-6-13-15/h5-7,9-10,14H,8H2,1-4H3,(H,16,17). The molecular weight excluding hydrogens is 218 g/mol. The Bertz CT molecular complexity index is 362. The number of aromatic nitrogens is 2. The monoisotopic (exact) mass is 239 g/mol. The number of nitrogens with one attached hydrogen (secondary N) is 1. The zero-order chi connectivity index (χ0) is 13.1. The van der Waals surface area contributed by atoms with E-state index in [1.165, 1.54) is 0 Å². The maximum atomic E-state index is 11.4. The highest BCUT2D eigenvalue weighted by atomic mass is 16.4. The molecule has 0 aromatic carbocycles. The van der Waals surface area contributed by atoms with Gasteiger partial charge in [-0.3, -0.25) is 14.8 Å². The number of hydrogen-bond acceptors (Lipinski definition) is 3. The van der Waals surface area contributed by atoms with E-state index in [4.69, 9.17) is 0 Å². The lowest BCUT2D eigenvalue weighted by Crippen LogP contribution is -2.53. The van der Waals surface area contributed by atoms with Crippen molar-refractivity contribution in [2.24, 2.45) is 0 Å². The highest BCUT2D eigenvalue weighted by Crippen LogP contribution is 2.21. The molecule has 0 aliphatic carbocycles. The molecule has 2 atom stereocenters. The van der Waals surface area contributed by atoms with Crippen LogP contribution in [0.5, 0.6) is 0 Å². The van der Waals surface area contributed by atoms with Gasteiger partial charge >= 0.3 is 5.97 Å². The van der Waals surface area contributed by atoms with Crippen molar-refractivity contribution in [1.82, 2.24) is 15.1 Å². The lowest BCUT2D eigenvalue weighted by molar-refractivity contribution is -0.145. The van der Waals surface area contributed by atoms with Gasteiger partial charge in [0.2, 0.25) is 0 Å². The molecule has 96 valence electrons. The van der Waals surface area contributed by atoms with Crippen LogP contribution in [0.4, 0.5) is 0 Å². The molecule has 5 nitrogen and oxygen atoms in total. The lowest BCUT2D eigenvalue weighted by Gasteiger charge is -2.31. The molecule has 17 heavy (non-hydrogen) atoms. The largest absolute Gasteiger partial charge is 0.480 e. The van der Waals surface area contributed by atoms with Gasteiger partial charge in [0.05, 0.1) is 6.04 Å². The molecule has 1 aromatic heterocycles. The molecule has 0 aliphatic rings. The Hall–Kier alpha value is -1.36. The molecule has 0 fully saturated rings. The van der Waals surface area contributed by atoms with Crippen LogP contribution in [-0.2, 0) is 4.79 Å². The Morgan fingerprint density at radius 2 is 2.18 bits per heavy atom. The van der Waals surface area contributed by atoms with Crippen LogP contribution in [0.25, 0.3) is 0 Å². The minimum absolute atomic E-state index is 0.0392. The van der Waals surface area contributed by atoms with Gasteiger partial charge in [-0.15, -0.1) is 0 Å². The van der Waals surface area contributed by atoms with Gasteiger partial charge in [0.1, 0.15) is 5.54 Å². The van der Waals surface area contributed by atoms with Gasteiger partial charge in [0.25, 0.3) is 0 Å². The van der Waals surface area contributed by atoms with Crippen molar-refractivity contribution in [1.29, 1.82) is 0 Å². The van der Waals surface area contributed by atoms with Gasteiger partial charge in [0, 0.05) is 18.4 Å². The van der Waals surface area contributed by atoms with E-state index in [1.54, 1.807) is 17.8 Å². The fraction of sp³-hybridized carbons (Fsp3) is 0.667. The van der Waals surface area contributed by atoms with Crippen molar-refractivity contribution in [2.45, 2.75) is 51.7 Å². The van der Waals surface area contributed by atoms with Crippen LogP contribution < -0.4 is 5.32 Å². The van der Waals surface area contributed by atoms with Crippen LogP contribution >= 0.6 is 0 Å². The fourth-order valence-electron chi connectivity index (χ4n) is 2.07.